The molecule has 1 heterocycles. The van der Waals surface area contributed by atoms with Crippen molar-refractivity contribution in [3.8, 4) is 0 Å². The molecular formula is C15H25FN2. The van der Waals surface area contributed by atoms with Crippen LogP contribution in [0.25, 0.3) is 0 Å². The summed E-state index contributed by atoms with van der Waals surface area (Å²) in [4.78, 5) is 4.02. The highest BCUT2D eigenvalue weighted by Gasteiger charge is 2.06. The molecule has 2 nitrogen and oxygen atoms in total. The number of aromatic nitrogens is 1. The zero-order chi connectivity index (χ0) is 13.2. The largest absolute Gasteiger partial charge is 0.323 e. The highest BCUT2D eigenvalue weighted by atomic mass is 19.1. The van der Waals surface area contributed by atoms with Crippen molar-refractivity contribution in [2.45, 2.75) is 64.3 Å². The van der Waals surface area contributed by atoms with Gasteiger partial charge < -0.3 is 5.73 Å². The van der Waals surface area contributed by atoms with Crippen LogP contribution in [0.2, 0.25) is 0 Å². The first-order valence-electron chi connectivity index (χ1n) is 7.11. The smallest absolute Gasteiger partial charge is 0.141 e. The summed E-state index contributed by atoms with van der Waals surface area (Å²) in [6.07, 6.45) is 11.2. The van der Waals surface area contributed by atoms with Crippen LogP contribution >= 0.6 is 0 Å². The lowest BCUT2D eigenvalue weighted by Gasteiger charge is -2.10. The Hall–Kier alpha value is -0.960. The van der Waals surface area contributed by atoms with Gasteiger partial charge in [-0.3, -0.25) is 4.98 Å². The number of hydrogen-bond acceptors (Lipinski definition) is 2. The normalized spacial score (nSPS) is 12.6. The van der Waals surface area contributed by atoms with Gasteiger partial charge >= 0.3 is 0 Å². The van der Waals surface area contributed by atoms with Crippen molar-refractivity contribution in [2.75, 3.05) is 0 Å². The van der Waals surface area contributed by atoms with E-state index in [1.165, 1.54) is 50.8 Å². The van der Waals surface area contributed by atoms with Crippen molar-refractivity contribution in [2.24, 2.45) is 5.73 Å². The lowest BCUT2D eigenvalue weighted by Crippen LogP contribution is -2.11. The van der Waals surface area contributed by atoms with E-state index in [4.69, 9.17) is 5.73 Å². The van der Waals surface area contributed by atoms with E-state index >= 15 is 0 Å². The minimum Gasteiger partial charge on any atom is -0.323 e. The average molecular weight is 252 g/mol. The van der Waals surface area contributed by atoms with Gasteiger partial charge in [0.1, 0.15) is 5.82 Å². The quantitative estimate of drug-likeness (QED) is 0.663. The lowest BCUT2D eigenvalue weighted by molar-refractivity contribution is 0.533. The molecule has 0 fully saturated rings. The number of unbranched alkanes of at least 4 members (excludes halogenated alkanes) is 6. The summed E-state index contributed by atoms with van der Waals surface area (Å²) in [5, 5.41) is 0. The Morgan fingerprint density at radius 2 is 1.78 bits per heavy atom. The first-order valence-corrected chi connectivity index (χ1v) is 7.11. The van der Waals surface area contributed by atoms with Gasteiger partial charge in [-0.25, -0.2) is 4.39 Å². The van der Waals surface area contributed by atoms with Crippen molar-refractivity contribution in [1.82, 2.24) is 4.98 Å². The van der Waals surface area contributed by atoms with Gasteiger partial charge in [-0.2, -0.15) is 0 Å². The summed E-state index contributed by atoms with van der Waals surface area (Å²) >= 11 is 0. The van der Waals surface area contributed by atoms with E-state index in [1.807, 2.05) is 0 Å². The lowest BCUT2D eigenvalue weighted by atomic mass is 10.0. The zero-order valence-corrected chi connectivity index (χ0v) is 11.4. The molecule has 0 saturated carbocycles. The maximum absolute atomic E-state index is 12.7. The van der Waals surface area contributed by atoms with E-state index in [0.717, 1.165) is 18.5 Å². The number of pyridine rings is 1. The van der Waals surface area contributed by atoms with Gasteiger partial charge in [-0.1, -0.05) is 51.9 Å². The Bertz CT molecular complexity index is 311. The van der Waals surface area contributed by atoms with Gasteiger partial charge in [-0.05, 0) is 18.6 Å². The molecule has 1 atom stereocenters. The van der Waals surface area contributed by atoms with Crippen molar-refractivity contribution in [3.05, 3.63) is 29.8 Å². The fourth-order valence-corrected chi connectivity index (χ4v) is 2.08. The van der Waals surface area contributed by atoms with Crippen LogP contribution in [0, 0.1) is 5.82 Å². The first-order chi connectivity index (χ1) is 8.74. The van der Waals surface area contributed by atoms with Gasteiger partial charge in [0.25, 0.3) is 0 Å². The number of nitrogens with two attached hydrogens (primary N) is 1. The van der Waals surface area contributed by atoms with Gasteiger partial charge in [0.05, 0.1) is 11.9 Å². The van der Waals surface area contributed by atoms with Crippen molar-refractivity contribution in [3.63, 3.8) is 0 Å². The molecule has 102 valence electrons. The maximum Gasteiger partial charge on any atom is 0.141 e. The minimum atomic E-state index is -0.304. The van der Waals surface area contributed by atoms with Crippen LogP contribution in [0.5, 0.6) is 0 Å². The maximum atomic E-state index is 12.7. The van der Waals surface area contributed by atoms with E-state index in [1.54, 1.807) is 6.07 Å². The van der Waals surface area contributed by atoms with Crippen LogP contribution in [0.3, 0.4) is 0 Å². The van der Waals surface area contributed by atoms with E-state index < -0.39 is 0 Å². The second kappa shape index (κ2) is 9.03. The summed E-state index contributed by atoms with van der Waals surface area (Å²) in [5.41, 5.74) is 6.82. The molecule has 3 heteroatoms. The van der Waals surface area contributed by atoms with E-state index in [9.17, 15) is 4.39 Å². The Balaban J connectivity index is 2.10. The van der Waals surface area contributed by atoms with Gasteiger partial charge in [-0.15, -0.1) is 0 Å². The molecule has 0 aliphatic carbocycles. The topological polar surface area (TPSA) is 38.9 Å². The van der Waals surface area contributed by atoms with Crippen LogP contribution in [0.15, 0.2) is 18.3 Å². The molecule has 1 rings (SSSR count). The van der Waals surface area contributed by atoms with Crippen LogP contribution in [0.1, 0.15) is 70.0 Å². The third-order valence-corrected chi connectivity index (χ3v) is 3.25. The molecule has 18 heavy (non-hydrogen) atoms. The van der Waals surface area contributed by atoms with Gasteiger partial charge in [0, 0.05) is 6.04 Å². The fraction of sp³-hybridized carbons (Fsp3) is 0.667. The molecule has 1 aromatic heterocycles. The number of hydrogen-bond donors (Lipinski definition) is 1. The minimum absolute atomic E-state index is 0.0544. The first kappa shape index (κ1) is 15.1. The molecule has 0 bridgehead atoms. The second-order valence-electron chi connectivity index (χ2n) is 4.92. The van der Waals surface area contributed by atoms with E-state index in [0.29, 0.717) is 0 Å². The monoisotopic (exact) mass is 252 g/mol. The Morgan fingerprint density at radius 3 is 2.39 bits per heavy atom. The second-order valence-corrected chi connectivity index (χ2v) is 4.92. The third-order valence-electron chi connectivity index (χ3n) is 3.25. The Morgan fingerprint density at radius 1 is 1.11 bits per heavy atom. The van der Waals surface area contributed by atoms with Crippen molar-refractivity contribution < 1.29 is 4.39 Å². The molecule has 2 N–H and O–H groups in total. The molecule has 1 aromatic rings. The average Bonchev–Trinajstić information content (AvgIpc) is 2.38. The van der Waals surface area contributed by atoms with Crippen LogP contribution in [-0.4, -0.2) is 4.98 Å². The predicted molar refractivity (Wildman–Crippen MR) is 73.7 cm³/mol. The highest BCUT2D eigenvalue weighted by molar-refractivity contribution is 5.09. The Labute approximate surface area is 110 Å². The number of nitrogens with zero attached hydrogens (tertiary/aromatic N) is 1. The summed E-state index contributed by atoms with van der Waals surface area (Å²) in [6.45, 7) is 2.23. The molecule has 0 aromatic carbocycles. The molecule has 0 aliphatic rings. The van der Waals surface area contributed by atoms with Crippen LogP contribution in [-0.2, 0) is 0 Å². The fourth-order valence-electron chi connectivity index (χ4n) is 2.08. The van der Waals surface area contributed by atoms with Gasteiger partial charge in [0.15, 0.2) is 0 Å². The molecular weight excluding hydrogens is 227 g/mol. The molecule has 0 radical (unpaired) electrons. The number of halogens is 1. The predicted octanol–water partition coefficient (Wildman–Crippen LogP) is 4.36. The third kappa shape index (κ3) is 6.10. The van der Waals surface area contributed by atoms with Crippen LogP contribution in [0.4, 0.5) is 4.39 Å². The Kier molecular flexibility index (Phi) is 7.58. The standard InChI is InChI=1S/C15H25FN2/c1-2-3-4-5-6-7-8-9-14(17)15-11-10-13(16)12-18-15/h10-12,14H,2-9,17H2,1H3. The van der Waals surface area contributed by atoms with Crippen LogP contribution < -0.4 is 5.73 Å². The molecule has 0 saturated heterocycles. The number of rotatable bonds is 9. The molecule has 0 spiro atoms. The summed E-state index contributed by atoms with van der Waals surface area (Å²) < 4.78 is 12.7. The molecule has 0 amide bonds. The van der Waals surface area contributed by atoms with Crippen molar-refractivity contribution in [1.29, 1.82) is 0 Å². The summed E-state index contributed by atoms with van der Waals surface area (Å²) in [5.74, 6) is -0.304. The molecule has 1 unspecified atom stereocenters. The van der Waals surface area contributed by atoms with Gasteiger partial charge in [0.2, 0.25) is 0 Å². The zero-order valence-electron chi connectivity index (χ0n) is 11.4. The highest BCUT2D eigenvalue weighted by Crippen LogP contribution is 2.16. The summed E-state index contributed by atoms with van der Waals surface area (Å²) in [6, 6.07) is 3.05. The SMILES string of the molecule is CCCCCCCCCC(N)c1ccc(F)cn1. The van der Waals surface area contributed by atoms with E-state index in [2.05, 4.69) is 11.9 Å². The molecule has 0 aliphatic heterocycles. The summed E-state index contributed by atoms with van der Waals surface area (Å²) in [7, 11) is 0. The van der Waals surface area contributed by atoms with E-state index in [-0.39, 0.29) is 11.9 Å². The van der Waals surface area contributed by atoms with Crippen molar-refractivity contribution >= 4 is 0 Å².